The Morgan fingerprint density at radius 2 is 2.10 bits per heavy atom. The molecule has 5 nitrogen and oxygen atoms in total. The molecule has 4 heterocycles. The number of hydrogen-bond acceptors (Lipinski definition) is 6. The lowest BCUT2D eigenvalue weighted by Crippen LogP contribution is -2.16. The predicted molar refractivity (Wildman–Crippen MR) is 84.1 cm³/mol. The van der Waals surface area contributed by atoms with Gasteiger partial charge in [-0.15, -0.1) is 11.3 Å². The van der Waals surface area contributed by atoms with Crippen LogP contribution in [0.25, 0.3) is 10.6 Å². The van der Waals surface area contributed by atoms with E-state index in [1.54, 1.807) is 23.7 Å². The molecule has 1 atom stereocenters. The average molecular weight is 293 g/mol. The predicted octanol–water partition coefficient (Wildman–Crippen LogP) is 3.47. The van der Waals surface area contributed by atoms with Crippen molar-refractivity contribution in [2.75, 3.05) is 5.32 Å². The molecule has 21 heavy (non-hydrogen) atoms. The second kappa shape index (κ2) is 5.06. The van der Waals surface area contributed by atoms with Gasteiger partial charge in [-0.05, 0) is 24.3 Å². The van der Waals surface area contributed by atoms with Crippen molar-refractivity contribution in [2.45, 2.75) is 6.04 Å². The van der Waals surface area contributed by atoms with Gasteiger partial charge in [0.15, 0.2) is 5.82 Å². The molecular formula is C15H11N5S. The minimum absolute atomic E-state index is 0.0472. The van der Waals surface area contributed by atoms with E-state index in [1.807, 2.05) is 42.1 Å². The summed E-state index contributed by atoms with van der Waals surface area (Å²) in [4.78, 5) is 17.5. The van der Waals surface area contributed by atoms with Crippen LogP contribution in [-0.2, 0) is 0 Å². The monoisotopic (exact) mass is 293 g/mol. The van der Waals surface area contributed by atoms with Crippen LogP contribution in [0, 0.1) is 0 Å². The van der Waals surface area contributed by atoms with Crippen molar-refractivity contribution in [1.82, 2.24) is 15.0 Å². The van der Waals surface area contributed by atoms with Gasteiger partial charge in [0, 0.05) is 35.7 Å². The van der Waals surface area contributed by atoms with Gasteiger partial charge in [-0.25, -0.2) is 9.97 Å². The van der Waals surface area contributed by atoms with E-state index in [4.69, 9.17) is 0 Å². The topological polar surface area (TPSA) is 63.1 Å². The molecule has 0 spiro atoms. The number of thiazole rings is 1. The van der Waals surface area contributed by atoms with Crippen molar-refractivity contribution >= 4 is 29.1 Å². The van der Waals surface area contributed by atoms with E-state index >= 15 is 0 Å². The first kappa shape index (κ1) is 12.2. The van der Waals surface area contributed by atoms with Crippen molar-refractivity contribution in [3.05, 3.63) is 53.9 Å². The number of hydrogen-bond donors (Lipinski definition) is 1. The van der Waals surface area contributed by atoms with Gasteiger partial charge in [-0.2, -0.15) is 0 Å². The largest absolute Gasteiger partial charge is 0.355 e. The molecule has 4 rings (SSSR count). The maximum absolute atomic E-state index is 4.67. The van der Waals surface area contributed by atoms with Crippen LogP contribution in [0.15, 0.2) is 53.2 Å². The Labute approximate surface area is 125 Å². The molecule has 0 bridgehead atoms. The van der Waals surface area contributed by atoms with Gasteiger partial charge in [0.05, 0.1) is 5.69 Å². The van der Waals surface area contributed by atoms with E-state index in [-0.39, 0.29) is 6.04 Å². The third-order valence-corrected chi connectivity index (χ3v) is 4.10. The number of nitrogens with one attached hydrogen (secondary N) is 1. The summed E-state index contributed by atoms with van der Waals surface area (Å²) in [6, 6.07) is 7.69. The molecule has 1 aliphatic heterocycles. The zero-order chi connectivity index (χ0) is 14.1. The van der Waals surface area contributed by atoms with Crippen LogP contribution in [0.4, 0.5) is 11.5 Å². The summed E-state index contributed by atoms with van der Waals surface area (Å²) in [6.45, 7) is 0. The Morgan fingerprint density at radius 3 is 3.00 bits per heavy atom. The molecule has 0 aliphatic carbocycles. The Morgan fingerprint density at radius 1 is 1.14 bits per heavy atom. The summed E-state index contributed by atoms with van der Waals surface area (Å²) in [5.74, 6) is 0.793. The quantitative estimate of drug-likeness (QED) is 0.786. The number of fused-ring (bicyclic) bond motifs is 1. The van der Waals surface area contributed by atoms with Gasteiger partial charge < -0.3 is 5.32 Å². The third kappa shape index (κ3) is 2.30. The first-order valence-corrected chi connectivity index (χ1v) is 7.40. The minimum atomic E-state index is -0.0472. The zero-order valence-electron chi connectivity index (χ0n) is 11.0. The van der Waals surface area contributed by atoms with Gasteiger partial charge in [0.1, 0.15) is 16.7 Å². The van der Waals surface area contributed by atoms with Crippen molar-refractivity contribution in [2.24, 2.45) is 4.99 Å². The van der Waals surface area contributed by atoms with E-state index < -0.39 is 0 Å². The Bertz CT molecular complexity index is 797. The van der Waals surface area contributed by atoms with E-state index in [0.29, 0.717) is 0 Å². The fourth-order valence-corrected chi connectivity index (χ4v) is 3.00. The van der Waals surface area contributed by atoms with E-state index in [0.717, 1.165) is 27.8 Å². The highest BCUT2D eigenvalue weighted by Gasteiger charge is 2.19. The second-order valence-electron chi connectivity index (χ2n) is 4.59. The summed E-state index contributed by atoms with van der Waals surface area (Å²) in [6.07, 6.45) is 7.20. The van der Waals surface area contributed by atoms with Crippen molar-refractivity contribution in [1.29, 1.82) is 0 Å². The number of pyridine rings is 2. The molecule has 0 radical (unpaired) electrons. The molecule has 0 amide bonds. The second-order valence-corrected chi connectivity index (χ2v) is 5.45. The van der Waals surface area contributed by atoms with Crippen LogP contribution < -0.4 is 5.32 Å². The van der Waals surface area contributed by atoms with Gasteiger partial charge in [0.25, 0.3) is 0 Å². The SMILES string of the molecule is C1=Nc2cccnc2NC1c1csc(-c2cccnc2)n1. The average Bonchev–Trinajstić information content (AvgIpc) is 3.05. The molecule has 0 aromatic carbocycles. The molecular weight excluding hydrogens is 282 g/mol. The summed E-state index contributed by atoms with van der Waals surface area (Å²) in [5.41, 5.74) is 2.83. The van der Waals surface area contributed by atoms with Crippen LogP contribution >= 0.6 is 11.3 Å². The van der Waals surface area contributed by atoms with E-state index in [2.05, 4.69) is 25.3 Å². The van der Waals surface area contributed by atoms with Crippen molar-refractivity contribution in [3.8, 4) is 10.6 Å². The standard InChI is InChI=1S/C15H11N5S/c1-3-10(7-16-5-1)15-20-13(9-21-15)12-8-18-11-4-2-6-17-14(11)19-12/h1-9,12H,(H,17,19). The highest BCUT2D eigenvalue weighted by Crippen LogP contribution is 2.32. The van der Waals surface area contributed by atoms with E-state index in [1.165, 1.54) is 0 Å². The van der Waals surface area contributed by atoms with Crippen molar-refractivity contribution < 1.29 is 0 Å². The molecule has 1 N–H and O–H groups in total. The number of aliphatic imine (C=N–C) groups is 1. The number of anilines is 1. The van der Waals surface area contributed by atoms with Crippen LogP contribution in [0.1, 0.15) is 11.7 Å². The number of nitrogens with zero attached hydrogens (tertiary/aromatic N) is 4. The summed E-state index contributed by atoms with van der Waals surface area (Å²) in [7, 11) is 0. The highest BCUT2D eigenvalue weighted by molar-refractivity contribution is 7.13. The maximum atomic E-state index is 4.67. The maximum Gasteiger partial charge on any atom is 0.152 e. The molecule has 1 aliphatic rings. The summed E-state index contributed by atoms with van der Waals surface area (Å²) in [5, 5.41) is 6.35. The normalized spacial score (nSPS) is 16.3. The van der Waals surface area contributed by atoms with Gasteiger partial charge in [0.2, 0.25) is 0 Å². The molecule has 6 heteroatoms. The first-order valence-electron chi connectivity index (χ1n) is 6.52. The smallest absolute Gasteiger partial charge is 0.152 e. The number of rotatable bonds is 2. The molecule has 0 fully saturated rings. The van der Waals surface area contributed by atoms with E-state index in [9.17, 15) is 0 Å². The lowest BCUT2D eigenvalue weighted by Gasteiger charge is -2.18. The van der Waals surface area contributed by atoms with Crippen LogP contribution in [0.5, 0.6) is 0 Å². The number of aromatic nitrogens is 3. The van der Waals surface area contributed by atoms with Gasteiger partial charge in [-0.3, -0.25) is 9.98 Å². The Kier molecular flexibility index (Phi) is 2.93. The molecule has 0 saturated heterocycles. The zero-order valence-corrected chi connectivity index (χ0v) is 11.8. The highest BCUT2D eigenvalue weighted by atomic mass is 32.1. The van der Waals surface area contributed by atoms with Crippen LogP contribution in [0.2, 0.25) is 0 Å². The Balaban J connectivity index is 1.63. The fourth-order valence-electron chi connectivity index (χ4n) is 2.15. The summed E-state index contributed by atoms with van der Waals surface area (Å²) >= 11 is 1.60. The van der Waals surface area contributed by atoms with Crippen LogP contribution in [-0.4, -0.2) is 21.2 Å². The lowest BCUT2D eigenvalue weighted by molar-refractivity contribution is 0.972. The third-order valence-electron chi connectivity index (χ3n) is 3.19. The summed E-state index contributed by atoms with van der Waals surface area (Å²) < 4.78 is 0. The Hall–Kier alpha value is -2.60. The van der Waals surface area contributed by atoms with Gasteiger partial charge >= 0.3 is 0 Å². The molecule has 3 aromatic rings. The molecule has 3 aromatic heterocycles. The molecule has 0 saturated carbocycles. The van der Waals surface area contributed by atoms with Gasteiger partial charge in [-0.1, -0.05) is 0 Å². The first-order chi connectivity index (χ1) is 10.4. The molecule has 102 valence electrons. The van der Waals surface area contributed by atoms with Crippen LogP contribution in [0.3, 0.4) is 0 Å². The lowest BCUT2D eigenvalue weighted by atomic mass is 10.2. The molecule has 1 unspecified atom stereocenters. The minimum Gasteiger partial charge on any atom is -0.355 e. The van der Waals surface area contributed by atoms with Crippen molar-refractivity contribution in [3.63, 3.8) is 0 Å². The fraction of sp³-hybridized carbons (Fsp3) is 0.0667.